The third kappa shape index (κ3) is 3.89. The van der Waals surface area contributed by atoms with Crippen molar-refractivity contribution in [3.8, 4) is 11.1 Å². The van der Waals surface area contributed by atoms with Crippen LogP contribution in [-0.2, 0) is 16.6 Å². The minimum atomic E-state index is -3.67. The topological polar surface area (TPSA) is 42.3 Å². The Bertz CT molecular complexity index is 1230. The van der Waals surface area contributed by atoms with Crippen LogP contribution in [0, 0.1) is 6.92 Å². The van der Waals surface area contributed by atoms with Gasteiger partial charge in [-0.25, -0.2) is 25.9 Å². The van der Waals surface area contributed by atoms with E-state index in [1.807, 2.05) is 0 Å². The Labute approximate surface area is 174 Å². The van der Waals surface area contributed by atoms with E-state index in [2.05, 4.69) is 0 Å². The SMILES string of the molecule is CC=C(F)Cn1c(C)c(-c2cccc(S(=O)(=O)N(C)C)c2)c2cc(C(F)F)ccc21. The van der Waals surface area contributed by atoms with Gasteiger partial charge in [0.25, 0.3) is 6.43 Å². The van der Waals surface area contributed by atoms with E-state index in [9.17, 15) is 21.6 Å². The molecule has 1 heterocycles. The lowest BCUT2D eigenvalue weighted by atomic mass is 10.0. The first kappa shape index (κ1) is 22.1. The van der Waals surface area contributed by atoms with E-state index in [1.165, 1.54) is 44.4 Å². The van der Waals surface area contributed by atoms with Crippen molar-refractivity contribution < 1.29 is 21.6 Å². The first-order valence-electron chi connectivity index (χ1n) is 9.32. The molecule has 0 aliphatic heterocycles. The molecule has 0 unspecified atom stereocenters. The van der Waals surface area contributed by atoms with Crippen molar-refractivity contribution in [2.45, 2.75) is 31.7 Å². The van der Waals surface area contributed by atoms with E-state index < -0.39 is 16.4 Å². The van der Waals surface area contributed by atoms with Gasteiger partial charge in [-0.15, -0.1) is 0 Å². The lowest BCUT2D eigenvalue weighted by Gasteiger charge is -2.13. The summed E-state index contributed by atoms with van der Waals surface area (Å²) >= 11 is 0. The quantitative estimate of drug-likeness (QED) is 0.499. The molecule has 0 N–H and O–H groups in total. The zero-order valence-electron chi connectivity index (χ0n) is 17.2. The summed E-state index contributed by atoms with van der Waals surface area (Å²) in [6.07, 6.45) is -1.30. The van der Waals surface area contributed by atoms with Crippen molar-refractivity contribution >= 4 is 20.9 Å². The molecule has 3 rings (SSSR count). The highest BCUT2D eigenvalue weighted by Gasteiger charge is 2.22. The van der Waals surface area contributed by atoms with Gasteiger partial charge in [-0.2, -0.15) is 0 Å². The van der Waals surface area contributed by atoms with Crippen LogP contribution in [0.5, 0.6) is 0 Å². The summed E-state index contributed by atoms with van der Waals surface area (Å²) in [6, 6.07) is 10.6. The molecule has 0 saturated carbocycles. The standard InChI is InChI=1S/C22H23F3N2O2S/c1-5-17(23)13-27-14(2)21(19-12-16(22(24)25)9-10-20(19)27)15-7-6-8-18(11-15)30(28,29)26(3)4/h5-12,22H,13H2,1-4H3. The third-order valence-electron chi connectivity index (χ3n) is 5.12. The van der Waals surface area contributed by atoms with E-state index in [0.29, 0.717) is 27.7 Å². The maximum atomic E-state index is 14.1. The van der Waals surface area contributed by atoms with Gasteiger partial charge < -0.3 is 4.57 Å². The van der Waals surface area contributed by atoms with Gasteiger partial charge in [0.1, 0.15) is 5.83 Å². The lowest BCUT2D eigenvalue weighted by molar-refractivity contribution is 0.151. The van der Waals surface area contributed by atoms with Gasteiger partial charge in [0.2, 0.25) is 10.0 Å². The second-order valence-electron chi connectivity index (χ2n) is 7.17. The van der Waals surface area contributed by atoms with E-state index in [-0.39, 0.29) is 22.8 Å². The molecule has 0 fully saturated rings. The molecule has 0 bridgehead atoms. The van der Waals surface area contributed by atoms with Crippen LogP contribution in [0.15, 0.2) is 59.3 Å². The summed E-state index contributed by atoms with van der Waals surface area (Å²) in [5, 5.41) is 0.522. The van der Waals surface area contributed by atoms with Gasteiger partial charge in [-0.1, -0.05) is 24.3 Å². The van der Waals surface area contributed by atoms with Gasteiger partial charge >= 0.3 is 0 Å². The van der Waals surface area contributed by atoms with Crippen molar-refractivity contribution in [3.05, 3.63) is 65.6 Å². The molecule has 0 atom stereocenters. The highest BCUT2D eigenvalue weighted by molar-refractivity contribution is 7.89. The second-order valence-corrected chi connectivity index (χ2v) is 9.33. The van der Waals surface area contributed by atoms with Crippen molar-refractivity contribution in [1.29, 1.82) is 0 Å². The van der Waals surface area contributed by atoms with Crippen LogP contribution in [0.4, 0.5) is 13.2 Å². The van der Waals surface area contributed by atoms with Crippen molar-refractivity contribution in [2.75, 3.05) is 14.1 Å². The fourth-order valence-electron chi connectivity index (χ4n) is 3.47. The predicted octanol–water partition coefficient (Wildman–Crippen LogP) is 5.68. The minimum absolute atomic E-state index is 0.0391. The largest absolute Gasteiger partial charge is 0.337 e. The molecular formula is C22H23F3N2O2S. The Kier molecular flexibility index (Phi) is 6.10. The number of fused-ring (bicyclic) bond motifs is 1. The third-order valence-corrected chi connectivity index (χ3v) is 6.93. The van der Waals surface area contributed by atoms with Crippen molar-refractivity contribution in [3.63, 3.8) is 0 Å². The molecule has 4 nitrogen and oxygen atoms in total. The molecule has 30 heavy (non-hydrogen) atoms. The summed E-state index contributed by atoms with van der Waals surface area (Å²) < 4.78 is 68.7. The Morgan fingerprint density at radius 3 is 2.47 bits per heavy atom. The number of alkyl halides is 2. The van der Waals surface area contributed by atoms with Gasteiger partial charge in [-0.3, -0.25) is 0 Å². The van der Waals surface area contributed by atoms with Gasteiger partial charge in [0.15, 0.2) is 0 Å². The van der Waals surface area contributed by atoms with E-state index in [1.54, 1.807) is 36.6 Å². The smallest absolute Gasteiger partial charge is 0.263 e. The summed E-state index contributed by atoms with van der Waals surface area (Å²) in [6.45, 7) is 3.32. The van der Waals surface area contributed by atoms with Gasteiger partial charge in [0, 0.05) is 41.8 Å². The van der Waals surface area contributed by atoms with Gasteiger partial charge in [0.05, 0.1) is 11.4 Å². The molecule has 2 aromatic carbocycles. The molecule has 3 aromatic rings. The monoisotopic (exact) mass is 436 g/mol. The number of aromatic nitrogens is 1. The Morgan fingerprint density at radius 1 is 1.17 bits per heavy atom. The predicted molar refractivity (Wildman–Crippen MR) is 113 cm³/mol. The lowest BCUT2D eigenvalue weighted by Crippen LogP contribution is -2.22. The molecule has 0 spiro atoms. The van der Waals surface area contributed by atoms with Gasteiger partial charge in [-0.05, 0) is 43.7 Å². The Hall–Kier alpha value is -2.58. The summed E-state index contributed by atoms with van der Waals surface area (Å²) in [4.78, 5) is 0.0925. The summed E-state index contributed by atoms with van der Waals surface area (Å²) in [5.41, 5.74) is 2.28. The fourth-order valence-corrected chi connectivity index (χ4v) is 4.42. The molecule has 0 aliphatic rings. The fraction of sp³-hybridized carbons (Fsp3) is 0.273. The maximum absolute atomic E-state index is 14.1. The number of sulfonamides is 1. The average molecular weight is 436 g/mol. The van der Waals surface area contributed by atoms with E-state index >= 15 is 0 Å². The minimum Gasteiger partial charge on any atom is -0.337 e. The Morgan fingerprint density at radius 2 is 1.87 bits per heavy atom. The molecule has 0 amide bonds. The normalized spacial score (nSPS) is 13.0. The van der Waals surface area contributed by atoms with Crippen LogP contribution in [0.2, 0.25) is 0 Å². The molecule has 0 radical (unpaired) electrons. The van der Waals surface area contributed by atoms with E-state index in [4.69, 9.17) is 0 Å². The molecular weight excluding hydrogens is 413 g/mol. The number of hydrogen-bond acceptors (Lipinski definition) is 2. The van der Waals surface area contributed by atoms with Crippen molar-refractivity contribution in [1.82, 2.24) is 8.87 Å². The number of benzene rings is 2. The van der Waals surface area contributed by atoms with Crippen molar-refractivity contribution in [2.24, 2.45) is 0 Å². The summed E-state index contributed by atoms with van der Waals surface area (Å²) in [7, 11) is -0.797. The second kappa shape index (κ2) is 8.28. The molecule has 0 aliphatic carbocycles. The molecule has 1 aromatic heterocycles. The number of rotatable bonds is 6. The zero-order chi connectivity index (χ0) is 22.2. The van der Waals surface area contributed by atoms with Crippen LogP contribution in [0.3, 0.4) is 0 Å². The highest BCUT2D eigenvalue weighted by Crippen LogP contribution is 2.38. The Balaban J connectivity index is 2.32. The number of hydrogen-bond donors (Lipinski definition) is 0. The van der Waals surface area contributed by atoms with E-state index in [0.717, 1.165) is 4.31 Å². The van der Waals surface area contributed by atoms with Crippen LogP contribution in [-0.4, -0.2) is 31.4 Å². The summed E-state index contributed by atoms with van der Waals surface area (Å²) in [5.74, 6) is -0.358. The molecule has 160 valence electrons. The highest BCUT2D eigenvalue weighted by atomic mass is 32.2. The van der Waals surface area contributed by atoms with Crippen LogP contribution < -0.4 is 0 Å². The first-order valence-corrected chi connectivity index (χ1v) is 10.8. The molecule has 0 saturated heterocycles. The number of nitrogens with zero attached hydrogens (tertiary/aromatic N) is 2. The first-order chi connectivity index (χ1) is 14.1. The average Bonchev–Trinajstić information content (AvgIpc) is 2.98. The maximum Gasteiger partial charge on any atom is 0.263 e. The zero-order valence-corrected chi connectivity index (χ0v) is 18.0. The molecule has 8 heteroatoms. The number of halogens is 3. The van der Waals surface area contributed by atoms with Crippen LogP contribution >= 0.6 is 0 Å². The van der Waals surface area contributed by atoms with Crippen LogP contribution in [0.25, 0.3) is 22.0 Å². The number of allylic oxidation sites excluding steroid dienone is 2. The van der Waals surface area contributed by atoms with Crippen LogP contribution in [0.1, 0.15) is 24.6 Å².